The maximum atomic E-state index is 12.9. The van der Waals surface area contributed by atoms with Crippen LogP contribution in [0.4, 0.5) is 13.2 Å². The van der Waals surface area contributed by atoms with Crippen LogP contribution < -0.4 is 0 Å². The maximum absolute atomic E-state index is 12.9. The molecule has 0 aliphatic carbocycles. The fourth-order valence-electron chi connectivity index (χ4n) is 2.32. The fraction of sp³-hybridized carbons (Fsp3) is 1.00. The van der Waals surface area contributed by atoms with Gasteiger partial charge in [0.15, 0.2) is 5.67 Å². The zero-order chi connectivity index (χ0) is 20.2. The lowest BCUT2D eigenvalue weighted by Gasteiger charge is -2.43. The quantitative estimate of drug-likeness (QED) is 0.803. The van der Waals surface area contributed by atoms with Gasteiger partial charge in [0.25, 0.3) is 0 Å². The summed E-state index contributed by atoms with van der Waals surface area (Å²) in [4.78, 5) is 0. The van der Waals surface area contributed by atoms with Crippen molar-refractivity contribution in [3.05, 3.63) is 0 Å². The Morgan fingerprint density at radius 2 is 1.12 bits per heavy atom. The first kappa shape index (κ1) is 23.7. The lowest BCUT2D eigenvalue weighted by molar-refractivity contribution is -0.207. The van der Waals surface area contributed by atoms with E-state index in [-0.39, 0.29) is 25.0 Å². The first-order chi connectivity index (χ1) is 11.9. The Morgan fingerprint density at radius 1 is 0.692 bits per heavy atom. The van der Waals surface area contributed by atoms with Gasteiger partial charge in [-0.1, -0.05) is 41.5 Å². The van der Waals surface area contributed by atoms with Crippen molar-refractivity contribution in [2.24, 2.45) is 23.2 Å². The van der Waals surface area contributed by atoms with Gasteiger partial charge in [-0.15, -0.1) is 0 Å². The molecule has 26 heavy (non-hydrogen) atoms. The average Bonchev–Trinajstić information content (AvgIpc) is 2.40. The van der Waals surface area contributed by atoms with Crippen molar-refractivity contribution in [2.75, 3.05) is 39.6 Å². The molecule has 0 saturated carbocycles. The molecule has 0 spiro atoms. The predicted molar refractivity (Wildman–Crippen MR) is 94.2 cm³/mol. The van der Waals surface area contributed by atoms with E-state index in [9.17, 15) is 18.3 Å². The molecule has 3 heterocycles. The van der Waals surface area contributed by atoms with E-state index in [4.69, 9.17) is 14.2 Å². The first-order valence-electron chi connectivity index (χ1n) is 9.32. The molecule has 3 saturated heterocycles. The van der Waals surface area contributed by atoms with Crippen molar-refractivity contribution in [1.29, 1.82) is 0 Å². The van der Waals surface area contributed by atoms with Crippen LogP contribution in [0.1, 0.15) is 41.5 Å². The average molecular weight is 384 g/mol. The minimum absolute atomic E-state index is 0.0150. The van der Waals surface area contributed by atoms with Gasteiger partial charge in [-0.25, -0.2) is 13.2 Å². The van der Waals surface area contributed by atoms with Gasteiger partial charge in [0.05, 0.1) is 45.1 Å². The Morgan fingerprint density at radius 3 is 1.12 bits per heavy atom. The highest BCUT2D eigenvalue weighted by molar-refractivity contribution is 4.90. The topological polar surface area (TPSA) is 47.9 Å². The van der Waals surface area contributed by atoms with Gasteiger partial charge in [-0.05, 0) is 17.8 Å². The van der Waals surface area contributed by atoms with Crippen molar-refractivity contribution in [3.8, 4) is 0 Å². The number of halogens is 3. The van der Waals surface area contributed by atoms with E-state index in [0.717, 1.165) is 0 Å². The van der Waals surface area contributed by atoms with Gasteiger partial charge < -0.3 is 19.3 Å². The molecule has 0 radical (unpaired) electrons. The summed E-state index contributed by atoms with van der Waals surface area (Å²) in [5.41, 5.74) is -2.33. The van der Waals surface area contributed by atoms with E-state index in [2.05, 4.69) is 0 Å². The number of rotatable bonds is 4. The lowest BCUT2D eigenvalue weighted by Crippen LogP contribution is -2.53. The Balaban J connectivity index is 0.000000197. The third-order valence-corrected chi connectivity index (χ3v) is 5.82. The normalized spacial score (nSPS) is 24.7. The number of alkyl halides is 3. The molecule has 0 aromatic carbocycles. The molecule has 156 valence electrons. The SMILES string of the molecule is CC(C)C1(C(F)F)COC1.CC(C)C1(F)COC1.CC(C)C1(O)COC1. The van der Waals surface area contributed by atoms with Gasteiger partial charge in [-0.2, -0.15) is 0 Å². The standard InChI is InChI=1S/C7H12F2O.C6H11FO.C6H12O2/c1-5(2)7(6(8)9)3-10-4-7;2*1-5(2)6(7)3-8-4-6/h5-6H,3-4H2,1-2H3;5H,3-4H2,1-2H3;5,7H,3-4H2,1-2H3. The second-order valence-electron chi connectivity index (χ2n) is 8.61. The maximum Gasteiger partial charge on any atom is 0.248 e. The molecule has 1 N–H and O–H groups in total. The van der Waals surface area contributed by atoms with Crippen LogP contribution in [0, 0.1) is 23.2 Å². The summed E-state index contributed by atoms with van der Waals surface area (Å²) in [6.45, 7) is 13.5. The van der Waals surface area contributed by atoms with E-state index in [1.54, 1.807) is 0 Å². The van der Waals surface area contributed by atoms with Crippen molar-refractivity contribution in [3.63, 3.8) is 0 Å². The Bertz CT molecular complexity index is 381. The highest BCUT2D eigenvalue weighted by Crippen LogP contribution is 2.41. The number of ether oxygens (including phenoxy) is 3. The second kappa shape index (κ2) is 9.22. The van der Waals surface area contributed by atoms with E-state index < -0.39 is 23.1 Å². The molecule has 4 nitrogen and oxygen atoms in total. The molecule has 3 fully saturated rings. The minimum atomic E-state index is -2.23. The van der Waals surface area contributed by atoms with E-state index >= 15 is 0 Å². The molecule has 0 aromatic heterocycles. The molecule has 0 atom stereocenters. The second-order valence-corrected chi connectivity index (χ2v) is 8.61. The minimum Gasteiger partial charge on any atom is -0.385 e. The predicted octanol–water partition coefficient (Wildman–Crippen LogP) is 3.71. The van der Waals surface area contributed by atoms with E-state index in [1.165, 1.54) is 0 Å². The highest BCUT2D eigenvalue weighted by Gasteiger charge is 2.49. The molecular weight excluding hydrogens is 349 g/mol. The van der Waals surface area contributed by atoms with Gasteiger partial charge in [0.1, 0.15) is 5.60 Å². The fourth-order valence-corrected chi connectivity index (χ4v) is 2.32. The Labute approximate surface area is 155 Å². The van der Waals surface area contributed by atoms with Crippen LogP contribution in [0.5, 0.6) is 0 Å². The number of hydrogen-bond donors (Lipinski definition) is 1. The van der Waals surface area contributed by atoms with Crippen molar-refractivity contribution in [2.45, 2.75) is 59.2 Å². The molecule has 0 bridgehead atoms. The first-order valence-corrected chi connectivity index (χ1v) is 9.32. The number of hydrogen-bond acceptors (Lipinski definition) is 4. The molecule has 0 unspecified atom stereocenters. The smallest absolute Gasteiger partial charge is 0.248 e. The molecule has 3 rings (SSSR count). The zero-order valence-corrected chi connectivity index (χ0v) is 16.9. The van der Waals surface area contributed by atoms with Gasteiger partial charge in [0.2, 0.25) is 6.43 Å². The van der Waals surface area contributed by atoms with Crippen LogP contribution in [0.2, 0.25) is 0 Å². The van der Waals surface area contributed by atoms with E-state index in [1.807, 2.05) is 41.5 Å². The van der Waals surface area contributed by atoms with Crippen LogP contribution in [0.3, 0.4) is 0 Å². The lowest BCUT2D eigenvalue weighted by atomic mass is 9.76. The molecule has 0 aromatic rings. The summed E-state index contributed by atoms with van der Waals surface area (Å²) in [5.74, 6) is 0.453. The molecule has 3 aliphatic heterocycles. The summed E-state index contributed by atoms with van der Waals surface area (Å²) < 4.78 is 51.9. The van der Waals surface area contributed by atoms with Gasteiger partial charge >= 0.3 is 0 Å². The summed E-state index contributed by atoms with van der Waals surface area (Å²) in [6.07, 6.45) is -2.23. The van der Waals surface area contributed by atoms with Crippen LogP contribution in [-0.2, 0) is 14.2 Å². The summed E-state index contributed by atoms with van der Waals surface area (Å²) in [5, 5.41) is 9.36. The monoisotopic (exact) mass is 384 g/mol. The van der Waals surface area contributed by atoms with Crippen LogP contribution in [0.15, 0.2) is 0 Å². The van der Waals surface area contributed by atoms with Gasteiger partial charge in [-0.3, -0.25) is 0 Å². The summed E-state index contributed by atoms with van der Waals surface area (Å²) in [6, 6.07) is 0. The highest BCUT2D eigenvalue weighted by atomic mass is 19.3. The van der Waals surface area contributed by atoms with Crippen molar-refractivity contribution >= 4 is 0 Å². The third kappa shape index (κ3) is 5.33. The summed E-state index contributed by atoms with van der Waals surface area (Å²) in [7, 11) is 0. The molecular formula is C19H35F3O4. The molecule has 0 amide bonds. The Kier molecular flexibility index (Phi) is 8.39. The largest absolute Gasteiger partial charge is 0.385 e. The molecule has 7 heteroatoms. The molecule has 3 aliphatic rings. The van der Waals surface area contributed by atoms with Crippen LogP contribution in [-0.4, -0.2) is 62.4 Å². The van der Waals surface area contributed by atoms with Crippen molar-refractivity contribution in [1.82, 2.24) is 0 Å². The number of aliphatic hydroxyl groups is 1. The van der Waals surface area contributed by atoms with Crippen LogP contribution in [0.25, 0.3) is 0 Å². The Hall–Kier alpha value is -0.370. The third-order valence-electron chi connectivity index (χ3n) is 5.82. The summed E-state index contributed by atoms with van der Waals surface area (Å²) >= 11 is 0. The zero-order valence-electron chi connectivity index (χ0n) is 16.9. The van der Waals surface area contributed by atoms with E-state index in [0.29, 0.717) is 32.3 Å². The van der Waals surface area contributed by atoms with Crippen LogP contribution >= 0.6 is 0 Å². The van der Waals surface area contributed by atoms with Crippen molar-refractivity contribution < 1.29 is 32.5 Å². The van der Waals surface area contributed by atoms with Gasteiger partial charge in [0, 0.05) is 0 Å².